The van der Waals surface area contributed by atoms with Crippen LogP contribution in [0.5, 0.6) is 0 Å². The summed E-state index contributed by atoms with van der Waals surface area (Å²) in [4.78, 5) is 37.3. The van der Waals surface area contributed by atoms with Crippen LogP contribution in [0.15, 0.2) is 36.4 Å². The molecule has 158 valence electrons. The predicted octanol–water partition coefficient (Wildman–Crippen LogP) is 3.14. The number of carbonyl (C=O) groups excluding carboxylic acids is 2. The molecule has 0 radical (unpaired) electrons. The van der Waals surface area contributed by atoms with Crippen molar-refractivity contribution in [2.24, 2.45) is 0 Å². The van der Waals surface area contributed by atoms with Gasteiger partial charge in [-0.15, -0.1) is 0 Å². The van der Waals surface area contributed by atoms with Crippen molar-refractivity contribution in [2.45, 2.75) is 32.2 Å². The lowest BCUT2D eigenvalue weighted by Crippen LogP contribution is -2.46. The van der Waals surface area contributed by atoms with Crippen LogP contribution in [0.2, 0.25) is 0 Å². The third-order valence-electron chi connectivity index (χ3n) is 5.19. The van der Waals surface area contributed by atoms with Crippen molar-refractivity contribution in [1.82, 2.24) is 10.2 Å². The summed E-state index contributed by atoms with van der Waals surface area (Å²) in [6.45, 7) is 1.96. The van der Waals surface area contributed by atoms with E-state index in [9.17, 15) is 28.5 Å². The average Bonchev–Trinajstić information content (AvgIpc) is 3.19. The van der Waals surface area contributed by atoms with Gasteiger partial charge in [0.1, 0.15) is 17.7 Å². The van der Waals surface area contributed by atoms with Crippen molar-refractivity contribution in [3.8, 4) is 0 Å². The molecule has 0 bridgehead atoms. The second-order valence-corrected chi connectivity index (χ2v) is 7.16. The number of nitrogens with zero attached hydrogens (tertiary/aromatic N) is 2. The van der Waals surface area contributed by atoms with Crippen LogP contribution < -0.4 is 5.32 Å². The van der Waals surface area contributed by atoms with E-state index in [2.05, 4.69) is 5.32 Å². The Morgan fingerprint density at radius 3 is 2.57 bits per heavy atom. The maximum Gasteiger partial charge on any atom is 0.272 e. The summed E-state index contributed by atoms with van der Waals surface area (Å²) in [6.07, 6.45) is 1.10. The number of aryl methyl sites for hydroxylation is 1. The minimum atomic E-state index is -0.696. The van der Waals surface area contributed by atoms with Crippen LogP contribution in [0, 0.1) is 28.7 Å². The zero-order chi connectivity index (χ0) is 21.8. The molecule has 7 nitrogen and oxygen atoms in total. The summed E-state index contributed by atoms with van der Waals surface area (Å²) in [5.74, 6) is -2.12. The van der Waals surface area contributed by atoms with Gasteiger partial charge in [-0.2, -0.15) is 0 Å². The van der Waals surface area contributed by atoms with Gasteiger partial charge in [0, 0.05) is 35.8 Å². The Bertz CT molecular complexity index is 976. The Morgan fingerprint density at radius 2 is 1.93 bits per heavy atom. The zero-order valence-electron chi connectivity index (χ0n) is 16.4. The number of halogens is 2. The van der Waals surface area contributed by atoms with Gasteiger partial charge in [0.25, 0.3) is 11.6 Å². The Balaban J connectivity index is 1.64. The molecule has 2 amide bonds. The van der Waals surface area contributed by atoms with Gasteiger partial charge in [-0.3, -0.25) is 19.7 Å². The van der Waals surface area contributed by atoms with Gasteiger partial charge in [0.05, 0.1) is 4.92 Å². The molecule has 1 N–H and O–H groups in total. The van der Waals surface area contributed by atoms with Gasteiger partial charge >= 0.3 is 0 Å². The first kappa shape index (κ1) is 21.4. The number of likely N-dealkylation sites (tertiary alicyclic amines) is 1. The third kappa shape index (κ3) is 4.45. The van der Waals surface area contributed by atoms with E-state index in [0.717, 1.165) is 12.1 Å². The highest BCUT2D eigenvalue weighted by Crippen LogP contribution is 2.24. The Labute approximate surface area is 171 Å². The highest BCUT2D eigenvalue weighted by molar-refractivity contribution is 5.98. The van der Waals surface area contributed by atoms with Crippen LogP contribution in [0.3, 0.4) is 0 Å². The van der Waals surface area contributed by atoms with Crippen LogP contribution in [0.1, 0.15) is 34.3 Å². The van der Waals surface area contributed by atoms with E-state index in [0.29, 0.717) is 24.9 Å². The Hall–Kier alpha value is -3.36. The van der Waals surface area contributed by atoms with Crippen LogP contribution in [-0.4, -0.2) is 40.8 Å². The molecule has 1 saturated heterocycles. The molecule has 0 aromatic heterocycles. The minimum absolute atomic E-state index is 0.00748. The third-order valence-corrected chi connectivity index (χ3v) is 5.19. The summed E-state index contributed by atoms with van der Waals surface area (Å²) in [5, 5.41) is 13.6. The van der Waals surface area contributed by atoms with Gasteiger partial charge < -0.3 is 10.2 Å². The summed E-state index contributed by atoms with van der Waals surface area (Å²) in [5.41, 5.74) is 0.449. The van der Waals surface area contributed by atoms with Crippen molar-refractivity contribution in [3.05, 3.63) is 74.8 Å². The van der Waals surface area contributed by atoms with E-state index in [1.54, 1.807) is 6.92 Å². The molecule has 2 aromatic rings. The molecule has 1 atom stereocenters. The molecule has 3 rings (SSSR count). The first-order chi connectivity index (χ1) is 14.3. The molecule has 1 aliphatic heterocycles. The highest BCUT2D eigenvalue weighted by Gasteiger charge is 2.34. The van der Waals surface area contributed by atoms with Gasteiger partial charge in [-0.1, -0.05) is 6.07 Å². The van der Waals surface area contributed by atoms with Gasteiger partial charge in [-0.25, -0.2) is 8.78 Å². The van der Waals surface area contributed by atoms with Crippen LogP contribution in [-0.2, 0) is 11.2 Å². The minimum Gasteiger partial charge on any atom is -0.354 e. The Kier molecular flexibility index (Phi) is 6.39. The molecule has 0 spiro atoms. The molecule has 2 aromatic carbocycles. The molecule has 1 aliphatic rings. The summed E-state index contributed by atoms with van der Waals surface area (Å²) < 4.78 is 27.4. The molecule has 1 fully saturated rings. The fourth-order valence-corrected chi connectivity index (χ4v) is 3.64. The number of rotatable bonds is 6. The van der Waals surface area contributed by atoms with Crippen LogP contribution in [0.4, 0.5) is 14.5 Å². The average molecular weight is 417 g/mol. The van der Waals surface area contributed by atoms with Gasteiger partial charge in [0.2, 0.25) is 5.91 Å². The van der Waals surface area contributed by atoms with Gasteiger partial charge in [-0.05, 0) is 50.5 Å². The molecule has 0 aliphatic carbocycles. The molecule has 9 heteroatoms. The number of benzene rings is 2. The van der Waals surface area contributed by atoms with E-state index in [-0.39, 0.29) is 35.7 Å². The number of nitro benzene ring substituents is 1. The fraction of sp³-hybridized carbons (Fsp3) is 0.333. The molecular weight excluding hydrogens is 396 g/mol. The van der Waals surface area contributed by atoms with Crippen LogP contribution in [0.25, 0.3) is 0 Å². The SMILES string of the molecule is Cc1cc(C(=O)N2CCCC2C(=O)NCCc2c(F)cccc2F)ccc1[N+](=O)[O-]. The number of carbonyl (C=O) groups is 2. The summed E-state index contributed by atoms with van der Waals surface area (Å²) in [7, 11) is 0. The number of hydrogen-bond donors (Lipinski definition) is 1. The maximum absolute atomic E-state index is 13.7. The molecule has 0 saturated carbocycles. The maximum atomic E-state index is 13.7. The van der Waals surface area contributed by atoms with Crippen molar-refractivity contribution >= 4 is 17.5 Å². The number of nitrogens with one attached hydrogen (secondary N) is 1. The van der Waals surface area contributed by atoms with Crippen molar-refractivity contribution in [1.29, 1.82) is 0 Å². The fourth-order valence-electron chi connectivity index (χ4n) is 3.64. The first-order valence-corrected chi connectivity index (χ1v) is 9.56. The van der Waals surface area contributed by atoms with E-state index in [4.69, 9.17) is 0 Å². The van der Waals surface area contributed by atoms with Crippen molar-refractivity contribution in [2.75, 3.05) is 13.1 Å². The van der Waals surface area contributed by atoms with Crippen molar-refractivity contribution in [3.63, 3.8) is 0 Å². The number of hydrogen-bond acceptors (Lipinski definition) is 4. The smallest absolute Gasteiger partial charge is 0.272 e. The zero-order valence-corrected chi connectivity index (χ0v) is 16.4. The monoisotopic (exact) mass is 417 g/mol. The van der Waals surface area contributed by atoms with Crippen molar-refractivity contribution < 1.29 is 23.3 Å². The lowest BCUT2D eigenvalue weighted by molar-refractivity contribution is -0.385. The summed E-state index contributed by atoms with van der Waals surface area (Å²) in [6, 6.07) is 6.98. The van der Waals surface area contributed by atoms with Gasteiger partial charge in [0.15, 0.2) is 0 Å². The second kappa shape index (κ2) is 8.98. The molecule has 1 unspecified atom stereocenters. The normalized spacial score (nSPS) is 15.8. The molecular formula is C21H21F2N3O4. The topological polar surface area (TPSA) is 92.6 Å². The first-order valence-electron chi connectivity index (χ1n) is 9.56. The number of nitro groups is 1. The largest absolute Gasteiger partial charge is 0.354 e. The van der Waals surface area contributed by atoms with E-state index >= 15 is 0 Å². The second-order valence-electron chi connectivity index (χ2n) is 7.16. The highest BCUT2D eigenvalue weighted by atomic mass is 19.1. The van der Waals surface area contributed by atoms with E-state index in [1.165, 1.54) is 29.2 Å². The summed E-state index contributed by atoms with van der Waals surface area (Å²) >= 11 is 0. The molecule has 1 heterocycles. The quantitative estimate of drug-likeness (QED) is 0.577. The van der Waals surface area contributed by atoms with E-state index < -0.39 is 28.5 Å². The molecule has 30 heavy (non-hydrogen) atoms. The van der Waals surface area contributed by atoms with E-state index in [1.807, 2.05) is 0 Å². The predicted molar refractivity (Wildman–Crippen MR) is 105 cm³/mol. The lowest BCUT2D eigenvalue weighted by atomic mass is 10.1. The van der Waals surface area contributed by atoms with Crippen LogP contribution >= 0.6 is 0 Å². The Morgan fingerprint density at radius 1 is 1.23 bits per heavy atom. The number of amides is 2. The standard InChI is InChI=1S/C21H21F2N3O4/c1-13-12-14(7-8-18(13)26(29)30)21(28)25-11-3-6-19(25)20(27)24-10-9-15-16(22)4-2-5-17(15)23/h2,4-5,7-8,12,19H,3,6,9-11H2,1H3,(H,24,27). The lowest BCUT2D eigenvalue weighted by Gasteiger charge is -2.24.